The summed E-state index contributed by atoms with van der Waals surface area (Å²) in [6.45, 7) is 5.26. The second-order valence-electron chi connectivity index (χ2n) is 5.31. The van der Waals surface area contributed by atoms with Crippen molar-refractivity contribution in [3.63, 3.8) is 0 Å². The molecule has 0 aromatic rings. The summed E-state index contributed by atoms with van der Waals surface area (Å²) in [6.07, 6.45) is 2.92. The lowest BCUT2D eigenvalue weighted by Crippen LogP contribution is -2.31. The van der Waals surface area contributed by atoms with Gasteiger partial charge in [-0.2, -0.15) is 0 Å². The topological polar surface area (TPSA) is 34.1 Å². The van der Waals surface area contributed by atoms with Crippen LogP contribution in [0.25, 0.3) is 0 Å². The molecule has 4 heteroatoms. The van der Waals surface area contributed by atoms with Crippen molar-refractivity contribution in [2.75, 3.05) is 11.6 Å². The van der Waals surface area contributed by atoms with Crippen molar-refractivity contribution >= 4 is 21.4 Å². The molecule has 0 radical (unpaired) electrons. The van der Waals surface area contributed by atoms with Crippen molar-refractivity contribution in [1.29, 1.82) is 0 Å². The number of hydrogen-bond donors (Lipinski definition) is 0. The molecule has 1 rings (SSSR count). The summed E-state index contributed by atoms with van der Waals surface area (Å²) in [5.41, 5.74) is 0.153. The number of alkyl halides is 1. The smallest absolute Gasteiger partial charge is 0.155 e. The van der Waals surface area contributed by atoms with Crippen LogP contribution in [0.4, 0.5) is 0 Å². The van der Waals surface area contributed by atoms with Gasteiger partial charge < -0.3 is 0 Å². The van der Waals surface area contributed by atoms with Gasteiger partial charge in [0.05, 0.1) is 10.5 Å². The van der Waals surface area contributed by atoms with E-state index in [1.165, 1.54) is 0 Å². The summed E-state index contributed by atoms with van der Waals surface area (Å²) in [7, 11) is -2.96. The molecule has 0 saturated heterocycles. The SMILES string of the molecule is CC(C)(C)S(=O)(=O)CCC1(CCl)CC1. The summed E-state index contributed by atoms with van der Waals surface area (Å²) >= 11 is 5.80. The van der Waals surface area contributed by atoms with Crippen LogP contribution in [0, 0.1) is 5.41 Å². The first-order valence-corrected chi connectivity index (χ1v) is 7.19. The average molecular weight is 239 g/mol. The molecule has 0 spiro atoms. The molecule has 2 nitrogen and oxygen atoms in total. The molecule has 84 valence electrons. The molecule has 0 atom stereocenters. The summed E-state index contributed by atoms with van der Waals surface area (Å²) in [5, 5.41) is 0. The van der Waals surface area contributed by atoms with Gasteiger partial charge in [0.15, 0.2) is 9.84 Å². The zero-order valence-corrected chi connectivity index (χ0v) is 10.7. The molecule has 14 heavy (non-hydrogen) atoms. The van der Waals surface area contributed by atoms with Gasteiger partial charge in [0.25, 0.3) is 0 Å². The Morgan fingerprint density at radius 2 is 1.79 bits per heavy atom. The normalized spacial score (nSPS) is 20.9. The predicted molar refractivity (Wildman–Crippen MR) is 60.5 cm³/mol. The second-order valence-corrected chi connectivity index (χ2v) is 8.44. The molecule has 1 saturated carbocycles. The minimum atomic E-state index is -2.96. The van der Waals surface area contributed by atoms with E-state index in [2.05, 4.69) is 0 Å². The maximum Gasteiger partial charge on any atom is 0.155 e. The third-order valence-corrected chi connectivity index (χ3v) is 6.25. The quantitative estimate of drug-likeness (QED) is 0.706. The van der Waals surface area contributed by atoms with E-state index in [0.29, 0.717) is 5.88 Å². The van der Waals surface area contributed by atoms with Crippen molar-refractivity contribution in [3.8, 4) is 0 Å². The van der Waals surface area contributed by atoms with Crippen LogP contribution in [0.3, 0.4) is 0 Å². The molecule has 0 amide bonds. The lowest BCUT2D eigenvalue weighted by atomic mass is 10.1. The Morgan fingerprint density at radius 1 is 1.29 bits per heavy atom. The van der Waals surface area contributed by atoms with Gasteiger partial charge in [0, 0.05) is 5.88 Å². The Hall–Kier alpha value is 0.240. The van der Waals surface area contributed by atoms with E-state index < -0.39 is 14.6 Å². The highest BCUT2D eigenvalue weighted by Gasteiger charge is 2.43. The summed E-state index contributed by atoms with van der Waals surface area (Å²) < 4.78 is 23.0. The fourth-order valence-electron chi connectivity index (χ4n) is 1.28. The fourth-order valence-corrected chi connectivity index (χ4v) is 3.00. The molecular weight excluding hydrogens is 220 g/mol. The van der Waals surface area contributed by atoms with E-state index in [-0.39, 0.29) is 11.2 Å². The number of hydrogen-bond acceptors (Lipinski definition) is 2. The molecule has 0 aromatic heterocycles. The Morgan fingerprint density at radius 3 is 2.07 bits per heavy atom. The van der Waals surface area contributed by atoms with Crippen LogP contribution in [-0.4, -0.2) is 24.8 Å². The monoisotopic (exact) mass is 238 g/mol. The van der Waals surface area contributed by atoms with Crippen LogP contribution in [0.15, 0.2) is 0 Å². The molecule has 0 unspecified atom stereocenters. The van der Waals surface area contributed by atoms with Crippen LogP contribution in [0.2, 0.25) is 0 Å². The largest absolute Gasteiger partial charge is 0.228 e. The number of rotatable bonds is 4. The molecule has 0 N–H and O–H groups in total. The molecule has 1 fully saturated rings. The van der Waals surface area contributed by atoms with Crippen molar-refractivity contribution in [1.82, 2.24) is 0 Å². The first-order chi connectivity index (χ1) is 6.22. The van der Waals surface area contributed by atoms with Crippen LogP contribution < -0.4 is 0 Å². The first kappa shape index (κ1) is 12.3. The average Bonchev–Trinajstić information content (AvgIpc) is 2.80. The Labute approximate surface area is 91.9 Å². The first-order valence-electron chi connectivity index (χ1n) is 5.01. The van der Waals surface area contributed by atoms with Gasteiger partial charge >= 0.3 is 0 Å². The lowest BCUT2D eigenvalue weighted by molar-refractivity contribution is 0.524. The van der Waals surface area contributed by atoms with E-state index in [0.717, 1.165) is 19.3 Å². The second kappa shape index (κ2) is 3.67. The van der Waals surface area contributed by atoms with E-state index >= 15 is 0 Å². The van der Waals surface area contributed by atoms with Gasteiger partial charge in [0.2, 0.25) is 0 Å². The van der Waals surface area contributed by atoms with Gasteiger partial charge in [-0.25, -0.2) is 8.42 Å². The van der Waals surface area contributed by atoms with Crippen molar-refractivity contribution in [2.45, 2.75) is 44.8 Å². The molecule has 1 aliphatic rings. The van der Waals surface area contributed by atoms with Crippen molar-refractivity contribution in [2.24, 2.45) is 5.41 Å². The van der Waals surface area contributed by atoms with Gasteiger partial charge in [-0.15, -0.1) is 11.6 Å². The molecule has 0 bridgehead atoms. The summed E-state index contributed by atoms with van der Waals surface area (Å²) in [4.78, 5) is 0. The highest BCUT2D eigenvalue weighted by atomic mass is 35.5. The highest BCUT2D eigenvalue weighted by Crippen LogP contribution is 2.50. The molecule has 0 aromatic carbocycles. The zero-order chi connectivity index (χ0) is 11.0. The fraction of sp³-hybridized carbons (Fsp3) is 1.00. The van der Waals surface area contributed by atoms with Gasteiger partial charge in [0.1, 0.15) is 0 Å². The predicted octanol–water partition coefficient (Wildman–Crippen LogP) is 2.61. The Balaban J connectivity index is 2.54. The third-order valence-electron chi connectivity index (χ3n) is 3.07. The minimum Gasteiger partial charge on any atom is -0.228 e. The van der Waals surface area contributed by atoms with Gasteiger partial charge in [-0.3, -0.25) is 0 Å². The summed E-state index contributed by atoms with van der Waals surface area (Å²) in [5.74, 6) is 0.885. The molecule has 0 heterocycles. The van der Waals surface area contributed by atoms with Crippen molar-refractivity contribution in [3.05, 3.63) is 0 Å². The highest BCUT2D eigenvalue weighted by molar-refractivity contribution is 7.92. The molecular formula is C10H19ClO2S. The maximum absolute atomic E-state index is 11.8. The zero-order valence-electron chi connectivity index (χ0n) is 9.14. The van der Waals surface area contributed by atoms with Gasteiger partial charge in [-0.05, 0) is 45.4 Å². The van der Waals surface area contributed by atoms with E-state index in [1.54, 1.807) is 20.8 Å². The van der Waals surface area contributed by atoms with Crippen LogP contribution >= 0.6 is 11.6 Å². The number of halogens is 1. The molecule has 0 aliphatic heterocycles. The molecule has 1 aliphatic carbocycles. The van der Waals surface area contributed by atoms with E-state index in [1.807, 2.05) is 0 Å². The number of sulfone groups is 1. The maximum atomic E-state index is 11.8. The van der Waals surface area contributed by atoms with Crippen molar-refractivity contribution < 1.29 is 8.42 Å². The van der Waals surface area contributed by atoms with Crippen LogP contribution in [-0.2, 0) is 9.84 Å². The van der Waals surface area contributed by atoms with E-state index in [9.17, 15) is 8.42 Å². The third kappa shape index (κ3) is 2.63. The van der Waals surface area contributed by atoms with Crippen LogP contribution in [0.1, 0.15) is 40.0 Å². The van der Waals surface area contributed by atoms with Crippen LogP contribution in [0.5, 0.6) is 0 Å². The standard InChI is InChI=1S/C10H19ClO2S/c1-9(2,3)14(12,13)7-6-10(8-11)4-5-10/h4-8H2,1-3H3. The Bertz CT molecular complexity index is 297. The summed E-state index contributed by atoms with van der Waals surface area (Å²) in [6, 6.07) is 0. The van der Waals surface area contributed by atoms with Gasteiger partial charge in [-0.1, -0.05) is 0 Å². The van der Waals surface area contributed by atoms with E-state index in [4.69, 9.17) is 11.6 Å². The Kier molecular flexibility index (Phi) is 3.23. The minimum absolute atomic E-state index is 0.153. The lowest BCUT2D eigenvalue weighted by Gasteiger charge is -2.20.